The molecule has 2 rings (SSSR count). The van der Waals surface area contributed by atoms with Gasteiger partial charge in [-0.1, -0.05) is 55.8 Å². The summed E-state index contributed by atoms with van der Waals surface area (Å²) in [6, 6.07) is 14.6. The maximum Gasteiger partial charge on any atom is 0.237 e. The number of amides is 1. The molecule has 150 valence electrons. The quantitative estimate of drug-likeness (QED) is 0.459. The Morgan fingerprint density at radius 1 is 1.21 bits per heavy atom. The summed E-state index contributed by atoms with van der Waals surface area (Å²) in [6.45, 7) is 2.34. The number of primary amides is 1. The monoisotopic (exact) mass is 384 g/mol. The molecule has 2 aromatic rings. The number of rotatable bonds is 11. The first kappa shape index (κ1) is 21.8. The van der Waals surface area contributed by atoms with Crippen LogP contribution in [0.15, 0.2) is 48.5 Å². The maximum absolute atomic E-state index is 12.1. The van der Waals surface area contributed by atoms with Gasteiger partial charge in [-0.2, -0.15) is 5.06 Å². The Morgan fingerprint density at radius 2 is 1.93 bits per heavy atom. The molecular formula is C22H28N2O4. The molecule has 6 heteroatoms. The first-order valence-corrected chi connectivity index (χ1v) is 9.39. The van der Waals surface area contributed by atoms with Crippen molar-refractivity contribution in [3.05, 3.63) is 59.7 Å². The van der Waals surface area contributed by atoms with E-state index in [1.54, 1.807) is 17.2 Å². The Kier molecular flexibility index (Phi) is 8.32. The van der Waals surface area contributed by atoms with Gasteiger partial charge in [-0.3, -0.25) is 9.59 Å². The Bertz CT molecular complexity index is 776. The third-order valence-electron chi connectivity index (χ3n) is 4.95. The van der Waals surface area contributed by atoms with Crippen molar-refractivity contribution < 1.29 is 19.5 Å². The van der Waals surface area contributed by atoms with Crippen molar-refractivity contribution in [3.8, 4) is 11.1 Å². The first-order chi connectivity index (χ1) is 13.5. The van der Waals surface area contributed by atoms with E-state index in [9.17, 15) is 14.7 Å². The zero-order valence-electron chi connectivity index (χ0n) is 16.4. The lowest BCUT2D eigenvalue weighted by Crippen LogP contribution is -2.48. The van der Waals surface area contributed by atoms with E-state index in [1.165, 1.54) is 7.11 Å². The summed E-state index contributed by atoms with van der Waals surface area (Å²) in [5.74, 6) is -0.565. The van der Waals surface area contributed by atoms with Crippen LogP contribution in [-0.4, -0.2) is 42.1 Å². The molecule has 0 aromatic heterocycles. The molecule has 2 aromatic carbocycles. The van der Waals surface area contributed by atoms with Crippen molar-refractivity contribution >= 4 is 12.2 Å². The van der Waals surface area contributed by atoms with Gasteiger partial charge in [0.25, 0.3) is 0 Å². The zero-order chi connectivity index (χ0) is 20.5. The minimum atomic E-state index is -0.627. The van der Waals surface area contributed by atoms with Crippen molar-refractivity contribution in [1.29, 1.82) is 0 Å². The van der Waals surface area contributed by atoms with Crippen LogP contribution in [0.1, 0.15) is 35.7 Å². The van der Waals surface area contributed by atoms with Crippen LogP contribution in [-0.2, 0) is 16.2 Å². The second-order valence-corrected chi connectivity index (χ2v) is 6.73. The minimum absolute atomic E-state index is 0.00783. The molecule has 0 radical (unpaired) electrons. The molecule has 28 heavy (non-hydrogen) atoms. The second-order valence-electron chi connectivity index (χ2n) is 6.73. The van der Waals surface area contributed by atoms with Gasteiger partial charge in [-0.25, -0.2) is 0 Å². The molecule has 2 unspecified atom stereocenters. The highest BCUT2D eigenvalue weighted by atomic mass is 16.7. The van der Waals surface area contributed by atoms with Gasteiger partial charge in [0, 0.05) is 12.2 Å². The maximum atomic E-state index is 12.1. The molecule has 0 aliphatic carbocycles. The Morgan fingerprint density at radius 3 is 2.46 bits per heavy atom. The van der Waals surface area contributed by atoms with Crippen molar-refractivity contribution in [3.63, 3.8) is 0 Å². The number of hydrogen-bond acceptors (Lipinski definition) is 5. The topological polar surface area (TPSA) is 92.9 Å². The van der Waals surface area contributed by atoms with Crippen LogP contribution in [0.3, 0.4) is 0 Å². The smallest absolute Gasteiger partial charge is 0.237 e. The molecule has 0 aliphatic rings. The second kappa shape index (κ2) is 10.7. The van der Waals surface area contributed by atoms with Crippen LogP contribution in [0.5, 0.6) is 0 Å². The molecule has 0 spiro atoms. The van der Waals surface area contributed by atoms with E-state index in [0.717, 1.165) is 23.0 Å². The lowest BCUT2D eigenvalue weighted by molar-refractivity contribution is -0.187. The fraction of sp³-hybridized carbons (Fsp3) is 0.364. The van der Waals surface area contributed by atoms with Gasteiger partial charge in [-0.05, 0) is 35.1 Å². The fourth-order valence-corrected chi connectivity index (χ4v) is 3.42. The molecule has 0 aliphatic heterocycles. The third-order valence-corrected chi connectivity index (χ3v) is 4.95. The Labute approximate surface area is 165 Å². The molecule has 0 bridgehead atoms. The Hall–Kier alpha value is -2.54. The summed E-state index contributed by atoms with van der Waals surface area (Å²) in [5, 5.41) is 10.9. The zero-order valence-corrected chi connectivity index (χ0v) is 16.4. The average molecular weight is 384 g/mol. The molecule has 0 fully saturated rings. The number of nitrogens with two attached hydrogens (primary N) is 1. The van der Waals surface area contributed by atoms with Gasteiger partial charge in [-0.15, -0.1) is 0 Å². The molecule has 3 N–H and O–H groups in total. The number of hydroxylamine groups is 2. The number of carbonyl (C=O) groups is 2. The number of aliphatic hydroxyl groups is 1. The van der Waals surface area contributed by atoms with E-state index in [-0.39, 0.29) is 12.5 Å². The summed E-state index contributed by atoms with van der Waals surface area (Å²) in [4.78, 5) is 28.4. The minimum Gasteiger partial charge on any atom is -0.396 e. The van der Waals surface area contributed by atoms with Crippen LogP contribution >= 0.6 is 0 Å². The van der Waals surface area contributed by atoms with Crippen molar-refractivity contribution in [2.75, 3.05) is 13.7 Å². The molecule has 0 saturated heterocycles. The van der Waals surface area contributed by atoms with Crippen LogP contribution < -0.4 is 5.73 Å². The molecule has 0 saturated carbocycles. The molecule has 6 nitrogen and oxygen atoms in total. The highest BCUT2D eigenvalue weighted by Crippen LogP contribution is 2.24. The number of aldehydes is 1. The highest BCUT2D eigenvalue weighted by molar-refractivity contribution is 5.80. The Balaban J connectivity index is 2.25. The number of nitrogens with zero attached hydrogens (tertiary/aromatic N) is 1. The van der Waals surface area contributed by atoms with E-state index in [2.05, 4.69) is 0 Å². The predicted molar refractivity (Wildman–Crippen MR) is 108 cm³/mol. The van der Waals surface area contributed by atoms with Gasteiger partial charge >= 0.3 is 0 Å². The first-order valence-electron chi connectivity index (χ1n) is 9.39. The van der Waals surface area contributed by atoms with Gasteiger partial charge in [0.15, 0.2) is 0 Å². The van der Waals surface area contributed by atoms with Gasteiger partial charge in [0.05, 0.1) is 13.7 Å². The van der Waals surface area contributed by atoms with Crippen LogP contribution in [0, 0.1) is 5.92 Å². The number of hydrogen-bond donors (Lipinski definition) is 2. The van der Waals surface area contributed by atoms with Crippen LogP contribution in [0.2, 0.25) is 0 Å². The van der Waals surface area contributed by atoms with Crippen LogP contribution in [0.25, 0.3) is 11.1 Å². The third kappa shape index (κ3) is 5.48. The largest absolute Gasteiger partial charge is 0.396 e. The van der Waals surface area contributed by atoms with E-state index in [1.807, 2.05) is 43.3 Å². The average Bonchev–Trinajstić information content (AvgIpc) is 2.72. The normalized spacial score (nSPS) is 13.3. The van der Waals surface area contributed by atoms with E-state index >= 15 is 0 Å². The summed E-state index contributed by atoms with van der Waals surface area (Å²) >= 11 is 0. The summed E-state index contributed by atoms with van der Waals surface area (Å²) < 4.78 is 0. The lowest BCUT2D eigenvalue weighted by atomic mass is 9.92. The molecule has 0 heterocycles. The summed E-state index contributed by atoms with van der Waals surface area (Å²) in [7, 11) is 1.52. The van der Waals surface area contributed by atoms with Gasteiger partial charge in [0.2, 0.25) is 5.91 Å². The van der Waals surface area contributed by atoms with Crippen LogP contribution in [0.4, 0.5) is 0 Å². The molecular weight excluding hydrogens is 356 g/mol. The van der Waals surface area contributed by atoms with E-state index < -0.39 is 11.9 Å². The number of aliphatic hydroxyl groups excluding tert-OH is 1. The van der Waals surface area contributed by atoms with Gasteiger partial charge < -0.3 is 15.7 Å². The predicted octanol–water partition coefficient (Wildman–Crippen LogP) is 2.79. The molecule has 1 amide bonds. The van der Waals surface area contributed by atoms with Crippen molar-refractivity contribution in [2.45, 2.75) is 32.4 Å². The summed E-state index contributed by atoms with van der Waals surface area (Å²) in [6.07, 6.45) is 2.00. The van der Waals surface area contributed by atoms with Crippen molar-refractivity contribution in [1.82, 2.24) is 5.06 Å². The SMILES string of the molecule is CCC(CCO)C(C(N)=O)N(Cc1cccc(-c2ccc(C=O)cc2)c1)OC. The molecule has 2 atom stereocenters. The lowest BCUT2D eigenvalue weighted by Gasteiger charge is -2.32. The van der Waals surface area contributed by atoms with E-state index in [0.29, 0.717) is 24.9 Å². The van der Waals surface area contributed by atoms with E-state index in [4.69, 9.17) is 10.6 Å². The van der Waals surface area contributed by atoms with Gasteiger partial charge in [0.1, 0.15) is 12.3 Å². The number of carbonyl (C=O) groups excluding carboxylic acids is 2. The number of benzene rings is 2. The fourth-order valence-electron chi connectivity index (χ4n) is 3.42. The highest BCUT2D eigenvalue weighted by Gasteiger charge is 2.31. The standard InChI is InChI=1S/C22H28N2O4/c1-3-18(11-12-25)21(22(23)27)24(28-2)14-17-5-4-6-20(13-17)19-9-7-16(15-26)8-10-19/h4-10,13,15,18,21,25H,3,11-12,14H2,1-2H3,(H2,23,27). The summed E-state index contributed by atoms with van der Waals surface area (Å²) in [5.41, 5.74) is 9.24. The van der Waals surface area contributed by atoms with Crippen molar-refractivity contribution in [2.24, 2.45) is 11.7 Å².